The largest absolute Gasteiger partial charge is 0.320 e. The molecule has 2 N–H and O–H groups in total. The van der Waals surface area contributed by atoms with E-state index in [1.165, 1.54) is 7.85 Å². The summed E-state index contributed by atoms with van der Waals surface area (Å²) in [4.78, 5) is 10.3. The van der Waals surface area contributed by atoms with E-state index < -0.39 is 5.54 Å². The first kappa shape index (κ1) is 6.69. The van der Waals surface area contributed by atoms with Crippen molar-refractivity contribution in [2.75, 3.05) is 0 Å². The van der Waals surface area contributed by atoms with Crippen molar-refractivity contribution in [2.45, 2.75) is 19.4 Å². The van der Waals surface area contributed by atoms with Gasteiger partial charge in [-0.1, -0.05) is 0 Å². The van der Waals surface area contributed by atoms with Crippen molar-refractivity contribution in [1.82, 2.24) is 0 Å². The summed E-state index contributed by atoms with van der Waals surface area (Å²) in [6.07, 6.45) is 0. The average molecular weight is 98.9 g/mol. The molecule has 0 rings (SSSR count). The van der Waals surface area contributed by atoms with Crippen LogP contribution in [0.15, 0.2) is 0 Å². The molecule has 0 radical (unpaired) electrons. The molecule has 0 saturated heterocycles. The van der Waals surface area contributed by atoms with Crippen LogP contribution in [0.25, 0.3) is 0 Å². The Balaban J connectivity index is 3.79. The van der Waals surface area contributed by atoms with Crippen molar-refractivity contribution in [1.29, 1.82) is 0 Å². The van der Waals surface area contributed by atoms with Crippen molar-refractivity contribution in [3.8, 4) is 0 Å². The molecule has 0 amide bonds. The summed E-state index contributed by atoms with van der Waals surface area (Å²) in [6, 6.07) is 0. The molecule has 0 aromatic heterocycles. The highest BCUT2D eigenvalue weighted by atomic mass is 16.1. The van der Waals surface area contributed by atoms with Gasteiger partial charge in [0.2, 0.25) is 0 Å². The molecule has 0 fully saturated rings. The molecular formula is C4H10BNO. The van der Waals surface area contributed by atoms with E-state index in [2.05, 4.69) is 0 Å². The number of hydrogen-bond acceptors (Lipinski definition) is 2. The molecule has 0 aliphatic rings. The highest BCUT2D eigenvalue weighted by Crippen LogP contribution is 1.92. The second kappa shape index (κ2) is 1.66. The van der Waals surface area contributed by atoms with Crippen molar-refractivity contribution in [2.24, 2.45) is 5.73 Å². The highest BCUT2D eigenvalue weighted by molar-refractivity contribution is 6.59. The minimum atomic E-state index is -0.639. The zero-order chi connectivity index (χ0) is 6.08. The van der Waals surface area contributed by atoms with E-state index in [-0.39, 0.29) is 5.68 Å². The van der Waals surface area contributed by atoms with E-state index >= 15 is 0 Å². The smallest absolute Gasteiger partial charge is 0.189 e. The van der Waals surface area contributed by atoms with Crippen LogP contribution in [0.5, 0.6) is 0 Å². The molecule has 0 aliphatic carbocycles. The van der Waals surface area contributed by atoms with Gasteiger partial charge in [-0.15, -0.1) is 0 Å². The van der Waals surface area contributed by atoms with E-state index in [0.29, 0.717) is 0 Å². The minimum Gasteiger partial charge on any atom is -0.320 e. The predicted octanol–water partition coefficient (Wildman–Crippen LogP) is -1.12. The summed E-state index contributed by atoms with van der Waals surface area (Å²) in [7, 11) is 1.49. The molecule has 0 aromatic rings. The second-order valence-electron chi connectivity index (χ2n) is 2.28. The van der Waals surface area contributed by atoms with E-state index in [1.807, 2.05) is 0 Å². The molecule has 0 bridgehead atoms. The maximum absolute atomic E-state index is 10.3. The van der Waals surface area contributed by atoms with Gasteiger partial charge in [0, 0.05) is 0 Å². The van der Waals surface area contributed by atoms with E-state index in [4.69, 9.17) is 5.73 Å². The lowest BCUT2D eigenvalue weighted by Crippen LogP contribution is -2.41. The Morgan fingerprint density at radius 1 is 1.71 bits per heavy atom. The second-order valence-corrected chi connectivity index (χ2v) is 2.28. The normalized spacial score (nSPS) is 11.3. The van der Waals surface area contributed by atoms with Gasteiger partial charge in [0.25, 0.3) is 0 Å². The van der Waals surface area contributed by atoms with Gasteiger partial charge in [-0.2, -0.15) is 0 Å². The average Bonchev–Trinajstić information content (AvgIpc) is 1.31. The first-order valence-electron chi connectivity index (χ1n) is 2.24. The molecule has 0 atom stereocenters. The van der Waals surface area contributed by atoms with Crippen molar-refractivity contribution in [3.63, 3.8) is 0 Å². The highest BCUT2D eigenvalue weighted by Gasteiger charge is 2.14. The van der Waals surface area contributed by atoms with Crippen molar-refractivity contribution < 1.29 is 4.79 Å². The standard InChI is InChI=1S/C4H10BNO/c1-4(2,6)3(5)7/h5-6H2,1-2H3. The Kier molecular flexibility index (Phi) is 1.59. The summed E-state index contributed by atoms with van der Waals surface area (Å²) in [5.41, 5.74) is 4.71. The number of nitrogens with two attached hydrogens (primary N) is 1. The Labute approximate surface area is 44.5 Å². The molecular weight excluding hydrogens is 88.9 g/mol. The topological polar surface area (TPSA) is 43.1 Å². The lowest BCUT2D eigenvalue weighted by Gasteiger charge is -2.12. The molecule has 3 heteroatoms. The molecule has 0 spiro atoms. The maximum atomic E-state index is 10.3. The monoisotopic (exact) mass is 99.1 g/mol. The van der Waals surface area contributed by atoms with Gasteiger partial charge < -0.3 is 10.5 Å². The Hall–Kier alpha value is -0.305. The summed E-state index contributed by atoms with van der Waals surface area (Å²) in [6.45, 7) is 3.38. The van der Waals surface area contributed by atoms with Gasteiger partial charge in [-0.3, -0.25) is 0 Å². The van der Waals surface area contributed by atoms with Crippen LogP contribution in [0.2, 0.25) is 0 Å². The van der Waals surface area contributed by atoms with Crippen LogP contribution in [-0.4, -0.2) is 19.1 Å². The first-order valence-corrected chi connectivity index (χ1v) is 2.24. The van der Waals surface area contributed by atoms with Gasteiger partial charge in [-0.05, 0) is 13.8 Å². The summed E-state index contributed by atoms with van der Waals surface area (Å²) < 4.78 is 0. The minimum absolute atomic E-state index is 0.0208. The summed E-state index contributed by atoms with van der Waals surface area (Å²) in [5, 5.41) is 0. The third-order valence-corrected chi connectivity index (χ3v) is 0.907. The maximum Gasteiger partial charge on any atom is 0.189 e. The number of carbonyl (C=O) groups excluding carboxylic acids is 1. The zero-order valence-corrected chi connectivity index (χ0v) is 4.99. The lowest BCUT2D eigenvalue weighted by atomic mass is 9.86. The molecule has 0 aromatic carbocycles. The van der Waals surface area contributed by atoms with E-state index in [9.17, 15) is 4.79 Å². The van der Waals surface area contributed by atoms with Crippen molar-refractivity contribution >= 4 is 13.5 Å². The molecule has 0 aliphatic heterocycles. The van der Waals surface area contributed by atoms with Crippen LogP contribution in [0, 0.1) is 0 Å². The fraction of sp³-hybridized carbons (Fsp3) is 0.750. The van der Waals surface area contributed by atoms with E-state index in [0.717, 1.165) is 0 Å². The number of carbonyl (C=O) groups is 1. The van der Waals surface area contributed by atoms with Crippen LogP contribution in [0.4, 0.5) is 0 Å². The molecule has 0 heterocycles. The van der Waals surface area contributed by atoms with Crippen LogP contribution in [-0.2, 0) is 4.79 Å². The summed E-state index contributed by atoms with van der Waals surface area (Å²) >= 11 is 0. The SMILES string of the molecule is BC(=O)C(C)(C)N. The van der Waals surface area contributed by atoms with Crippen molar-refractivity contribution in [3.05, 3.63) is 0 Å². The number of hydrogen-bond donors (Lipinski definition) is 1. The van der Waals surface area contributed by atoms with Gasteiger partial charge in [-0.25, -0.2) is 0 Å². The predicted molar refractivity (Wildman–Crippen MR) is 31.8 cm³/mol. The Morgan fingerprint density at radius 2 is 1.86 bits per heavy atom. The van der Waals surface area contributed by atoms with Crippen LogP contribution in [0.3, 0.4) is 0 Å². The third kappa shape index (κ3) is 2.40. The zero-order valence-electron chi connectivity index (χ0n) is 4.99. The summed E-state index contributed by atoms with van der Waals surface area (Å²) in [5.74, 6) is 0. The lowest BCUT2D eigenvalue weighted by molar-refractivity contribution is -0.115. The Bertz CT molecular complexity index is 84.2. The molecule has 0 saturated carbocycles. The molecule has 40 valence electrons. The van der Waals surface area contributed by atoms with Gasteiger partial charge in [0.05, 0.1) is 5.54 Å². The van der Waals surface area contributed by atoms with Gasteiger partial charge >= 0.3 is 0 Å². The molecule has 0 unspecified atom stereocenters. The fourth-order valence-electron chi connectivity index (χ4n) is 0. The van der Waals surface area contributed by atoms with Crippen LogP contribution >= 0.6 is 0 Å². The first-order chi connectivity index (χ1) is 2.94. The quantitative estimate of drug-likeness (QED) is 0.423. The van der Waals surface area contributed by atoms with Gasteiger partial charge in [0.15, 0.2) is 7.85 Å². The third-order valence-electron chi connectivity index (χ3n) is 0.907. The van der Waals surface area contributed by atoms with Crippen LogP contribution in [0.1, 0.15) is 13.8 Å². The van der Waals surface area contributed by atoms with E-state index in [1.54, 1.807) is 13.8 Å². The number of rotatable bonds is 1. The molecule has 2 nitrogen and oxygen atoms in total. The van der Waals surface area contributed by atoms with Crippen LogP contribution < -0.4 is 5.73 Å². The Morgan fingerprint density at radius 3 is 1.86 bits per heavy atom. The fourth-order valence-corrected chi connectivity index (χ4v) is 0. The molecule has 7 heavy (non-hydrogen) atoms. The van der Waals surface area contributed by atoms with Gasteiger partial charge in [0.1, 0.15) is 5.68 Å².